The molecular formula is C45H49Cl2N3O5. The lowest BCUT2D eigenvalue weighted by molar-refractivity contribution is -0.127. The number of benzene rings is 4. The summed E-state index contributed by atoms with van der Waals surface area (Å²) in [4.78, 5) is 21.8. The smallest absolute Gasteiger partial charge is 0.246 e. The number of carbonyl (C=O) groups excluding carboxylic acids is 1. The van der Waals surface area contributed by atoms with E-state index < -0.39 is 0 Å². The number of nitrogens with zero attached hydrogens (tertiary/aromatic N) is 3. The van der Waals surface area contributed by atoms with Crippen molar-refractivity contribution >= 4 is 36.0 Å². The van der Waals surface area contributed by atoms with Crippen molar-refractivity contribution in [3.63, 3.8) is 0 Å². The third-order valence-electron chi connectivity index (χ3n) is 9.49. The van der Waals surface area contributed by atoms with Gasteiger partial charge in [-0.1, -0.05) is 80.0 Å². The van der Waals surface area contributed by atoms with Gasteiger partial charge in [0, 0.05) is 56.9 Å². The Bertz CT molecular complexity index is 1990. The first-order valence-corrected chi connectivity index (χ1v) is 18.8. The molecule has 6 rings (SSSR count). The van der Waals surface area contributed by atoms with Gasteiger partial charge in [0.25, 0.3) is 0 Å². The third kappa shape index (κ3) is 11.7. The number of rotatable bonds is 15. The molecule has 1 fully saturated rings. The van der Waals surface area contributed by atoms with Gasteiger partial charge in [-0.05, 0) is 83.1 Å². The molecule has 0 radical (unpaired) electrons. The third-order valence-corrected chi connectivity index (χ3v) is 9.77. The van der Waals surface area contributed by atoms with E-state index in [2.05, 4.69) is 72.3 Å². The van der Waals surface area contributed by atoms with Gasteiger partial charge in [0.05, 0.1) is 24.9 Å². The number of piperazine rings is 1. The van der Waals surface area contributed by atoms with Crippen molar-refractivity contribution in [2.24, 2.45) is 0 Å². The monoisotopic (exact) mass is 781 g/mol. The van der Waals surface area contributed by atoms with Crippen LogP contribution >= 0.6 is 24.0 Å². The van der Waals surface area contributed by atoms with Gasteiger partial charge in [-0.3, -0.25) is 9.69 Å². The average molecular weight is 783 g/mol. The summed E-state index contributed by atoms with van der Waals surface area (Å²) in [5.41, 5.74) is 6.44. The van der Waals surface area contributed by atoms with E-state index in [9.17, 15) is 4.79 Å². The number of hydrogen-bond donors (Lipinski definition) is 0. The second kappa shape index (κ2) is 20.1. The first-order chi connectivity index (χ1) is 26.2. The molecule has 1 saturated heterocycles. The molecule has 0 spiro atoms. The summed E-state index contributed by atoms with van der Waals surface area (Å²) >= 11 is 6.65. The van der Waals surface area contributed by atoms with E-state index in [-0.39, 0.29) is 18.3 Å². The van der Waals surface area contributed by atoms with Crippen molar-refractivity contribution in [2.75, 3.05) is 39.9 Å². The summed E-state index contributed by atoms with van der Waals surface area (Å²) in [5.74, 6) is 3.70. The molecule has 0 N–H and O–H groups in total. The van der Waals surface area contributed by atoms with E-state index in [1.54, 1.807) is 43.7 Å². The molecule has 1 aliphatic heterocycles. The van der Waals surface area contributed by atoms with Gasteiger partial charge in [0.1, 0.15) is 23.9 Å². The van der Waals surface area contributed by atoms with Crippen LogP contribution in [0.1, 0.15) is 53.1 Å². The van der Waals surface area contributed by atoms with Gasteiger partial charge in [-0.2, -0.15) is 0 Å². The average Bonchev–Trinajstić information content (AvgIpc) is 3.19. The van der Waals surface area contributed by atoms with Crippen LogP contribution in [-0.2, 0) is 24.4 Å². The van der Waals surface area contributed by atoms with Crippen molar-refractivity contribution in [1.82, 2.24) is 14.8 Å². The number of aryl methyl sites for hydroxylation is 1. The minimum absolute atomic E-state index is 0. The largest absolute Gasteiger partial charge is 0.496 e. The van der Waals surface area contributed by atoms with Crippen LogP contribution in [-0.4, -0.2) is 60.6 Å². The number of pyridine rings is 1. The number of halogens is 2. The number of hydrogen-bond acceptors (Lipinski definition) is 7. The summed E-state index contributed by atoms with van der Waals surface area (Å²) in [6.45, 7) is 11.2. The Balaban J connectivity index is 0.00000580. The van der Waals surface area contributed by atoms with E-state index in [0.717, 1.165) is 54.2 Å². The second-order valence-electron chi connectivity index (χ2n) is 13.8. The van der Waals surface area contributed by atoms with Crippen LogP contribution in [0.4, 0.5) is 0 Å². The highest BCUT2D eigenvalue weighted by Gasteiger charge is 2.20. The Morgan fingerprint density at radius 1 is 0.873 bits per heavy atom. The molecule has 0 atom stereocenters. The minimum Gasteiger partial charge on any atom is -0.496 e. The molecule has 0 aliphatic carbocycles. The summed E-state index contributed by atoms with van der Waals surface area (Å²) in [6.07, 6.45) is 5.90. The Hall–Kier alpha value is -5.02. The minimum atomic E-state index is -0.0107. The molecule has 0 unspecified atom stereocenters. The summed E-state index contributed by atoms with van der Waals surface area (Å²) in [5, 5.41) is 0.433. The molecule has 5 aromatic rings. The molecule has 2 heterocycles. The highest BCUT2D eigenvalue weighted by atomic mass is 35.5. The Morgan fingerprint density at radius 2 is 1.58 bits per heavy atom. The standard InChI is InChI=1S/C45H48ClN3O5.ClH/c1-32(2)37-14-16-39(17-15-37)52-26-21-34-9-11-35(12-10-34)30-48-22-24-49(25-23-48)44(50)20-13-36-27-33(3)45(41(46)28-36)54-43-19-18-40(29-47-43)53-31-38-7-5-6-8-42(38)51-4;/h5-20,27-29,32H,21-26,30-31H2,1-4H3;1H/b20-13+;. The zero-order chi connectivity index (χ0) is 37.9. The number of para-hydroxylation sites is 1. The zero-order valence-electron chi connectivity index (χ0n) is 31.9. The molecule has 1 aromatic heterocycles. The SMILES string of the molecule is COc1ccccc1COc1ccc(Oc2c(C)cc(/C=C/C(=O)N3CCN(Cc4ccc(CCOc5ccc(C(C)C)cc5)cc4)CC3)cc2Cl)nc1.Cl. The topological polar surface area (TPSA) is 73.4 Å². The van der Waals surface area contributed by atoms with Gasteiger partial charge in [-0.25, -0.2) is 4.98 Å². The normalized spacial score (nSPS) is 13.1. The van der Waals surface area contributed by atoms with E-state index >= 15 is 0 Å². The number of methoxy groups -OCH3 is 1. The van der Waals surface area contributed by atoms with E-state index in [4.69, 9.17) is 30.5 Å². The van der Waals surface area contributed by atoms with Gasteiger partial charge in [0.2, 0.25) is 11.8 Å². The highest BCUT2D eigenvalue weighted by Crippen LogP contribution is 2.34. The first-order valence-electron chi connectivity index (χ1n) is 18.4. The molecule has 1 aliphatic rings. The molecule has 10 heteroatoms. The molecule has 4 aromatic carbocycles. The van der Waals surface area contributed by atoms with Crippen LogP contribution in [0.25, 0.3) is 6.08 Å². The van der Waals surface area contributed by atoms with Crippen molar-refractivity contribution in [2.45, 2.75) is 46.3 Å². The lowest BCUT2D eigenvalue weighted by Gasteiger charge is -2.34. The van der Waals surface area contributed by atoms with E-state index in [1.165, 1.54) is 16.7 Å². The Labute approximate surface area is 336 Å². The van der Waals surface area contributed by atoms with Crippen molar-refractivity contribution in [3.8, 4) is 28.9 Å². The van der Waals surface area contributed by atoms with Crippen LogP contribution in [0.5, 0.6) is 28.9 Å². The number of amides is 1. The molecule has 55 heavy (non-hydrogen) atoms. The Morgan fingerprint density at radius 3 is 2.25 bits per heavy atom. The lowest BCUT2D eigenvalue weighted by atomic mass is 10.0. The van der Waals surface area contributed by atoms with Crippen molar-refractivity contribution < 1.29 is 23.7 Å². The maximum Gasteiger partial charge on any atom is 0.246 e. The molecule has 0 saturated carbocycles. The second-order valence-corrected chi connectivity index (χ2v) is 14.2. The molecule has 0 bridgehead atoms. The van der Waals surface area contributed by atoms with Crippen molar-refractivity contribution in [3.05, 3.63) is 148 Å². The lowest BCUT2D eigenvalue weighted by Crippen LogP contribution is -2.47. The molecular weight excluding hydrogens is 733 g/mol. The fourth-order valence-corrected chi connectivity index (χ4v) is 6.60. The maximum absolute atomic E-state index is 13.1. The fraction of sp³-hybridized carbons (Fsp3) is 0.289. The first kappa shape index (κ1) is 41.1. The van der Waals surface area contributed by atoms with Gasteiger partial charge in [0.15, 0.2) is 5.75 Å². The van der Waals surface area contributed by atoms with E-state index in [1.807, 2.05) is 42.2 Å². The van der Waals surface area contributed by atoms with Gasteiger partial charge < -0.3 is 23.8 Å². The van der Waals surface area contributed by atoms with Gasteiger partial charge in [-0.15, -0.1) is 12.4 Å². The highest BCUT2D eigenvalue weighted by molar-refractivity contribution is 6.32. The fourth-order valence-electron chi connectivity index (χ4n) is 6.29. The summed E-state index contributed by atoms with van der Waals surface area (Å²) in [6, 6.07) is 32.1. The van der Waals surface area contributed by atoms with Gasteiger partial charge >= 0.3 is 0 Å². The predicted molar refractivity (Wildman–Crippen MR) is 222 cm³/mol. The molecule has 288 valence electrons. The molecule has 1 amide bonds. The van der Waals surface area contributed by atoms with Crippen LogP contribution in [0, 0.1) is 6.92 Å². The quantitative estimate of drug-likeness (QED) is 0.0980. The summed E-state index contributed by atoms with van der Waals surface area (Å²) in [7, 11) is 1.64. The maximum atomic E-state index is 13.1. The predicted octanol–water partition coefficient (Wildman–Crippen LogP) is 9.95. The van der Waals surface area contributed by atoms with Crippen LogP contribution in [0.2, 0.25) is 5.02 Å². The van der Waals surface area contributed by atoms with Crippen LogP contribution in [0.3, 0.4) is 0 Å². The number of ether oxygens (including phenoxy) is 4. The number of carbonyl (C=O) groups is 1. The molecule has 8 nitrogen and oxygen atoms in total. The van der Waals surface area contributed by atoms with Crippen molar-refractivity contribution in [1.29, 1.82) is 0 Å². The van der Waals surface area contributed by atoms with Crippen LogP contribution < -0.4 is 18.9 Å². The Kier molecular flexibility index (Phi) is 15.0. The zero-order valence-corrected chi connectivity index (χ0v) is 33.4. The van der Waals surface area contributed by atoms with Crippen LogP contribution in [0.15, 0.2) is 109 Å². The number of aromatic nitrogens is 1. The summed E-state index contributed by atoms with van der Waals surface area (Å²) < 4.78 is 23.3. The van der Waals surface area contributed by atoms with E-state index in [0.29, 0.717) is 54.6 Å².